The van der Waals surface area contributed by atoms with Gasteiger partial charge in [0.25, 0.3) is 7.82 Å². The molecular formula is C65H119N2O6P. The number of nitrogens with one attached hydrogen (secondary N) is 1. The van der Waals surface area contributed by atoms with Crippen molar-refractivity contribution in [3.63, 3.8) is 0 Å². The number of amides is 1. The molecule has 0 aliphatic heterocycles. The Balaban J connectivity index is 4.12. The number of phosphoric ester groups is 1. The van der Waals surface area contributed by atoms with E-state index in [1.807, 2.05) is 27.2 Å². The first-order valence-corrected chi connectivity index (χ1v) is 32.4. The van der Waals surface area contributed by atoms with Crippen LogP contribution in [0.25, 0.3) is 0 Å². The fourth-order valence-corrected chi connectivity index (χ4v) is 9.53. The van der Waals surface area contributed by atoms with Crippen LogP contribution in [0.2, 0.25) is 0 Å². The lowest BCUT2D eigenvalue weighted by Crippen LogP contribution is -2.45. The Labute approximate surface area is 458 Å². The fourth-order valence-electron chi connectivity index (χ4n) is 8.81. The van der Waals surface area contributed by atoms with Crippen LogP contribution in [0.5, 0.6) is 0 Å². The highest BCUT2D eigenvalue weighted by atomic mass is 31.2. The number of hydrogen-bond acceptors (Lipinski definition) is 6. The van der Waals surface area contributed by atoms with Crippen molar-refractivity contribution in [1.29, 1.82) is 0 Å². The molecule has 430 valence electrons. The molecule has 3 unspecified atom stereocenters. The van der Waals surface area contributed by atoms with Crippen molar-refractivity contribution in [2.75, 3.05) is 40.9 Å². The maximum atomic E-state index is 13.0. The largest absolute Gasteiger partial charge is 0.756 e. The van der Waals surface area contributed by atoms with Crippen molar-refractivity contribution >= 4 is 13.7 Å². The van der Waals surface area contributed by atoms with Gasteiger partial charge in [0.05, 0.1) is 39.9 Å². The lowest BCUT2D eigenvalue weighted by atomic mass is 10.0. The highest BCUT2D eigenvalue weighted by molar-refractivity contribution is 7.45. The van der Waals surface area contributed by atoms with Crippen LogP contribution < -0.4 is 10.2 Å². The van der Waals surface area contributed by atoms with Gasteiger partial charge in [0.1, 0.15) is 13.2 Å². The third-order valence-electron chi connectivity index (χ3n) is 13.6. The summed E-state index contributed by atoms with van der Waals surface area (Å²) < 4.78 is 23.4. The molecule has 0 aromatic carbocycles. The molecule has 8 nitrogen and oxygen atoms in total. The molecule has 0 saturated heterocycles. The van der Waals surface area contributed by atoms with E-state index >= 15 is 0 Å². The van der Waals surface area contributed by atoms with Crippen molar-refractivity contribution in [3.05, 3.63) is 85.1 Å². The number of phosphoric acid groups is 1. The number of hydrogen-bond donors (Lipinski definition) is 2. The first kappa shape index (κ1) is 71.7. The van der Waals surface area contributed by atoms with Crippen LogP contribution in [0.15, 0.2) is 85.1 Å². The second kappa shape index (κ2) is 55.4. The summed E-state index contributed by atoms with van der Waals surface area (Å²) >= 11 is 0. The van der Waals surface area contributed by atoms with Gasteiger partial charge in [-0.15, -0.1) is 0 Å². The van der Waals surface area contributed by atoms with Crippen LogP contribution in [-0.4, -0.2) is 68.5 Å². The molecule has 0 aromatic rings. The fraction of sp³-hybridized carbons (Fsp3) is 0.769. The molecule has 0 aliphatic carbocycles. The van der Waals surface area contributed by atoms with Crippen molar-refractivity contribution in [3.8, 4) is 0 Å². The average molecular weight is 1060 g/mol. The van der Waals surface area contributed by atoms with Crippen LogP contribution in [-0.2, 0) is 18.4 Å². The number of aliphatic hydroxyl groups excluding tert-OH is 1. The molecule has 3 atom stereocenters. The van der Waals surface area contributed by atoms with E-state index in [9.17, 15) is 19.4 Å². The number of carbonyl (C=O) groups excluding carboxylic acids is 1. The van der Waals surface area contributed by atoms with Crippen molar-refractivity contribution < 1.29 is 32.9 Å². The monoisotopic (exact) mass is 1050 g/mol. The molecular weight excluding hydrogens is 936 g/mol. The Morgan fingerprint density at radius 1 is 0.486 bits per heavy atom. The van der Waals surface area contributed by atoms with Gasteiger partial charge in [-0.1, -0.05) is 279 Å². The minimum absolute atomic E-state index is 0.00312. The maximum Gasteiger partial charge on any atom is 0.268 e. The van der Waals surface area contributed by atoms with Crippen LogP contribution in [0.1, 0.15) is 271 Å². The first-order chi connectivity index (χ1) is 36.0. The van der Waals surface area contributed by atoms with Crippen molar-refractivity contribution in [2.24, 2.45) is 0 Å². The van der Waals surface area contributed by atoms with Crippen molar-refractivity contribution in [2.45, 2.75) is 283 Å². The number of carbonyl (C=O) groups is 1. The minimum atomic E-state index is -4.60. The number of likely N-dealkylation sites (N-methyl/N-ethyl adjacent to an activating group) is 1. The summed E-state index contributed by atoms with van der Waals surface area (Å²) in [5.74, 6) is -0.198. The molecule has 0 bridgehead atoms. The average Bonchev–Trinajstić information content (AvgIpc) is 3.36. The summed E-state index contributed by atoms with van der Waals surface area (Å²) in [4.78, 5) is 25.5. The minimum Gasteiger partial charge on any atom is -0.756 e. The van der Waals surface area contributed by atoms with Gasteiger partial charge >= 0.3 is 0 Å². The number of rotatable bonds is 56. The summed E-state index contributed by atoms with van der Waals surface area (Å²) in [5, 5.41) is 13.9. The van der Waals surface area contributed by atoms with E-state index in [1.54, 1.807) is 6.08 Å². The highest BCUT2D eigenvalue weighted by Crippen LogP contribution is 2.38. The Morgan fingerprint density at radius 3 is 1.20 bits per heavy atom. The Hall–Kier alpha value is -2.32. The summed E-state index contributed by atoms with van der Waals surface area (Å²) in [6, 6.07) is -0.891. The quantitative estimate of drug-likeness (QED) is 0.0272. The third-order valence-corrected chi connectivity index (χ3v) is 14.6. The van der Waals surface area contributed by atoms with Gasteiger partial charge in [-0.2, -0.15) is 0 Å². The summed E-state index contributed by atoms with van der Waals surface area (Å²) in [6.07, 6.45) is 78.1. The number of nitrogens with zero attached hydrogens (tertiary/aromatic N) is 1. The van der Waals surface area contributed by atoms with E-state index in [1.165, 1.54) is 173 Å². The molecule has 74 heavy (non-hydrogen) atoms. The number of unbranched alkanes of at least 4 members (excludes halogenated alkanes) is 31. The van der Waals surface area contributed by atoms with E-state index in [0.717, 1.165) is 77.0 Å². The van der Waals surface area contributed by atoms with E-state index < -0.39 is 20.0 Å². The van der Waals surface area contributed by atoms with Gasteiger partial charge in [0.15, 0.2) is 0 Å². The number of quaternary nitrogens is 1. The molecule has 0 fully saturated rings. The zero-order chi connectivity index (χ0) is 54.2. The van der Waals surface area contributed by atoms with E-state index in [2.05, 4.69) is 92.1 Å². The molecule has 9 heteroatoms. The summed E-state index contributed by atoms with van der Waals surface area (Å²) in [7, 11) is 1.26. The third kappa shape index (κ3) is 57.4. The molecule has 1 amide bonds. The van der Waals surface area contributed by atoms with Crippen LogP contribution in [0.3, 0.4) is 0 Å². The molecule has 0 aliphatic rings. The molecule has 0 rings (SSSR count). The Kier molecular flexibility index (Phi) is 53.7. The number of aliphatic hydroxyl groups is 1. The van der Waals surface area contributed by atoms with E-state index in [0.29, 0.717) is 17.4 Å². The van der Waals surface area contributed by atoms with Gasteiger partial charge in [0, 0.05) is 6.42 Å². The zero-order valence-corrected chi connectivity index (χ0v) is 49.9. The van der Waals surface area contributed by atoms with Gasteiger partial charge in [-0.25, -0.2) is 0 Å². The molecule has 2 N–H and O–H groups in total. The SMILES string of the molecule is CC/C=C\C/C=C\C/C=C\C/C=C\C/C=C\C/C=C\CCCCCCCCCCCCCCCCC(=O)NC(COP(=O)([O-])OCC[N+](C)(C)C)C(O)/C=C/CCCCCCCCCCCCCCCCCCC. The van der Waals surface area contributed by atoms with Gasteiger partial charge in [-0.3, -0.25) is 9.36 Å². The second-order valence-electron chi connectivity index (χ2n) is 22.0. The zero-order valence-electron chi connectivity index (χ0n) is 49.0. The molecule has 0 aromatic heterocycles. The molecule has 0 heterocycles. The predicted octanol–water partition coefficient (Wildman–Crippen LogP) is 18.6. The highest BCUT2D eigenvalue weighted by Gasteiger charge is 2.23. The second-order valence-corrected chi connectivity index (χ2v) is 23.4. The Morgan fingerprint density at radius 2 is 0.824 bits per heavy atom. The molecule has 0 saturated carbocycles. The lowest BCUT2D eigenvalue weighted by Gasteiger charge is -2.29. The summed E-state index contributed by atoms with van der Waals surface area (Å²) in [6.45, 7) is 4.55. The van der Waals surface area contributed by atoms with Crippen LogP contribution >= 0.6 is 7.82 Å². The van der Waals surface area contributed by atoms with Crippen molar-refractivity contribution in [1.82, 2.24) is 5.32 Å². The molecule has 0 spiro atoms. The van der Waals surface area contributed by atoms with Gasteiger partial charge in [-0.05, 0) is 70.6 Å². The van der Waals surface area contributed by atoms with Gasteiger partial charge < -0.3 is 28.8 Å². The molecule has 0 radical (unpaired) electrons. The smallest absolute Gasteiger partial charge is 0.268 e. The van der Waals surface area contributed by atoms with Gasteiger partial charge in [0.2, 0.25) is 5.91 Å². The van der Waals surface area contributed by atoms with E-state index in [4.69, 9.17) is 9.05 Å². The predicted molar refractivity (Wildman–Crippen MR) is 320 cm³/mol. The van der Waals surface area contributed by atoms with Crippen LogP contribution in [0, 0.1) is 0 Å². The normalized spacial score (nSPS) is 14.4. The van der Waals surface area contributed by atoms with Crippen LogP contribution in [0.4, 0.5) is 0 Å². The summed E-state index contributed by atoms with van der Waals surface area (Å²) in [5.41, 5.74) is 0. The lowest BCUT2D eigenvalue weighted by molar-refractivity contribution is -0.870. The van der Waals surface area contributed by atoms with E-state index in [-0.39, 0.29) is 19.1 Å². The topological polar surface area (TPSA) is 108 Å². The standard InChI is InChI=1S/C65H119N2O6P/c1-6-8-10-12-14-16-18-20-22-24-26-27-28-29-30-31-32-33-34-35-36-37-38-39-41-43-45-47-49-51-53-55-57-59-65(69)66-63(62-73-74(70,71)72-61-60-67(3,4)5)64(68)58-56-54-52-50-48-46-44-42-40-25-23-21-19-17-15-13-11-9-7-2/h8,10,14,16,20,22,26-27,29-30,32-33,56,58,63-64,68H,6-7,9,11-13,15,17-19,21,23-25,28,31,34-55,57,59-62H2,1-5H3,(H-,66,69,70,71)/b10-8-,16-14-,22-20-,27-26-,30-29-,33-32-,58-56+. The number of allylic oxidation sites excluding steroid dienone is 13. The maximum absolute atomic E-state index is 13.0. The Bertz CT molecular complexity index is 1480. The first-order valence-electron chi connectivity index (χ1n) is 30.9.